The molecule has 3 nitrogen and oxygen atoms in total. The molecule has 0 radical (unpaired) electrons. The smallest absolute Gasteiger partial charge is 0.324 e. The van der Waals surface area contributed by atoms with Gasteiger partial charge in [0.2, 0.25) is 5.91 Å². The number of nitrogens with zero attached hydrogens (tertiary/aromatic N) is 1. The van der Waals surface area contributed by atoms with Crippen LogP contribution in [0, 0.1) is 18.8 Å². The second-order valence-corrected chi connectivity index (χ2v) is 6.16. The molecule has 1 N–H and O–H groups in total. The normalized spacial score (nSPS) is 22.9. The van der Waals surface area contributed by atoms with E-state index in [1.54, 1.807) is 6.07 Å². The van der Waals surface area contributed by atoms with Crippen LogP contribution >= 0.6 is 15.9 Å². The number of aromatic nitrogens is 1. The summed E-state index contributed by atoms with van der Waals surface area (Å²) in [6, 6.07) is 1.77. The van der Waals surface area contributed by atoms with Crippen molar-refractivity contribution in [3.05, 3.63) is 22.4 Å². The molecule has 1 aliphatic rings. The lowest BCUT2D eigenvalue weighted by molar-refractivity contribution is -0.184. The minimum Gasteiger partial charge on any atom is -0.324 e. The fourth-order valence-electron chi connectivity index (χ4n) is 2.55. The van der Waals surface area contributed by atoms with Crippen LogP contribution in [0.3, 0.4) is 0 Å². The number of rotatable bonds is 2. The number of hydrogen-bond acceptors (Lipinski definition) is 2. The highest BCUT2D eigenvalue weighted by Crippen LogP contribution is 2.39. The maximum atomic E-state index is 12.6. The second-order valence-electron chi connectivity index (χ2n) is 5.41. The Kier molecular flexibility index (Phi) is 4.91. The minimum absolute atomic E-state index is 0.0270. The van der Waals surface area contributed by atoms with Crippen LogP contribution < -0.4 is 5.32 Å². The van der Waals surface area contributed by atoms with Crippen molar-refractivity contribution in [3.8, 4) is 0 Å². The Bertz CT molecular complexity index is 525. The summed E-state index contributed by atoms with van der Waals surface area (Å²) in [5, 5.41) is 2.73. The molecule has 1 aromatic heterocycles. The molecule has 0 saturated heterocycles. The molecule has 0 bridgehead atoms. The SMILES string of the molecule is Cc1cc(NC(=O)C2CCC(C(F)(F)F)CC2)cnc1Br. The minimum atomic E-state index is -4.14. The van der Waals surface area contributed by atoms with Gasteiger partial charge in [-0.1, -0.05) is 0 Å². The van der Waals surface area contributed by atoms with Gasteiger partial charge in [0.25, 0.3) is 0 Å². The molecule has 21 heavy (non-hydrogen) atoms. The van der Waals surface area contributed by atoms with E-state index in [2.05, 4.69) is 26.2 Å². The van der Waals surface area contributed by atoms with Crippen molar-refractivity contribution < 1.29 is 18.0 Å². The predicted molar refractivity (Wildman–Crippen MR) is 76.8 cm³/mol. The van der Waals surface area contributed by atoms with E-state index in [0.717, 1.165) is 5.56 Å². The van der Waals surface area contributed by atoms with Gasteiger partial charge in [-0.3, -0.25) is 4.79 Å². The van der Waals surface area contributed by atoms with Crippen molar-refractivity contribution >= 4 is 27.5 Å². The van der Waals surface area contributed by atoms with Crippen LogP contribution in [0.1, 0.15) is 31.2 Å². The molecule has 0 atom stereocenters. The van der Waals surface area contributed by atoms with Gasteiger partial charge in [-0.15, -0.1) is 0 Å². The zero-order valence-electron chi connectivity index (χ0n) is 11.5. The lowest BCUT2D eigenvalue weighted by atomic mass is 9.81. The fourth-order valence-corrected chi connectivity index (χ4v) is 2.77. The quantitative estimate of drug-likeness (QED) is 0.787. The van der Waals surface area contributed by atoms with E-state index in [0.29, 0.717) is 10.3 Å². The highest BCUT2D eigenvalue weighted by atomic mass is 79.9. The molecule has 1 amide bonds. The van der Waals surface area contributed by atoms with Crippen molar-refractivity contribution in [2.24, 2.45) is 11.8 Å². The van der Waals surface area contributed by atoms with E-state index in [1.165, 1.54) is 6.20 Å². The van der Waals surface area contributed by atoms with Crippen LogP contribution in [0.4, 0.5) is 18.9 Å². The zero-order chi connectivity index (χ0) is 15.6. The van der Waals surface area contributed by atoms with Gasteiger partial charge in [-0.25, -0.2) is 4.98 Å². The standard InChI is InChI=1S/C14H16BrF3N2O/c1-8-6-11(7-19-12(8)15)20-13(21)9-2-4-10(5-3-9)14(16,17)18/h6-7,9-10H,2-5H2,1H3,(H,20,21). The largest absolute Gasteiger partial charge is 0.391 e. The third-order valence-corrected chi connectivity index (χ3v) is 4.67. The third kappa shape index (κ3) is 4.18. The molecule has 0 spiro atoms. The van der Waals surface area contributed by atoms with E-state index in [4.69, 9.17) is 0 Å². The van der Waals surface area contributed by atoms with Crippen molar-refractivity contribution in [2.75, 3.05) is 5.32 Å². The average molecular weight is 365 g/mol. The Morgan fingerprint density at radius 1 is 1.33 bits per heavy atom. The van der Waals surface area contributed by atoms with Crippen LogP contribution in [-0.2, 0) is 4.79 Å². The van der Waals surface area contributed by atoms with E-state index < -0.39 is 12.1 Å². The summed E-state index contributed by atoms with van der Waals surface area (Å²) >= 11 is 3.27. The van der Waals surface area contributed by atoms with Gasteiger partial charge < -0.3 is 5.32 Å². The molecule has 1 aliphatic carbocycles. The molecular formula is C14H16BrF3N2O. The molecule has 0 aliphatic heterocycles. The van der Waals surface area contributed by atoms with Gasteiger partial charge in [0.05, 0.1) is 17.8 Å². The summed E-state index contributed by atoms with van der Waals surface area (Å²) in [5.74, 6) is -1.84. The molecule has 2 rings (SSSR count). The predicted octanol–water partition coefficient (Wildman–Crippen LogP) is 4.46. The van der Waals surface area contributed by atoms with Crippen molar-refractivity contribution in [2.45, 2.75) is 38.8 Å². The third-order valence-electron chi connectivity index (χ3n) is 3.84. The summed E-state index contributed by atoms with van der Waals surface area (Å²) in [7, 11) is 0. The topological polar surface area (TPSA) is 42.0 Å². The molecule has 7 heteroatoms. The number of aryl methyl sites for hydroxylation is 1. The Morgan fingerprint density at radius 3 is 2.48 bits per heavy atom. The van der Waals surface area contributed by atoms with Crippen molar-refractivity contribution in [1.82, 2.24) is 4.98 Å². The summed E-state index contributed by atoms with van der Waals surface area (Å²) < 4.78 is 38.5. The fraction of sp³-hybridized carbons (Fsp3) is 0.571. The summed E-state index contributed by atoms with van der Waals surface area (Å²) in [4.78, 5) is 16.2. The molecule has 0 unspecified atom stereocenters. The van der Waals surface area contributed by atoms with Gasteiger partial charge in [-0.2, -0.15) is 13.2 Å². The van der Waals surface area contributed by atoms with Gasteiger partial charge in [0.1, 0.15) is 4.60 Å². The first-order valence-corrected chi connectivity index (χ1v) is 7.56. The van der Waals surface area contributed by atoms with Gasteiger partial charge in [0, 0.05) is 5.92 Å². The number of hydrogen-bond donors (Lipinski definition) is 1. The van der Waals surface area contributed by atoms with Crippen LogP contribution in [0.2, 0.25) is 0 Å². The number of amides is 1. The van der Waals surface area contributed by atoms with Crippen molar-refractivity contribution in [1.29, 1.82) is 0 Å². The highest BCUT2D eigenvalue weighted by molar-refractivity contribution is 9.10. The van der Waals surface area contributed by atoms with E-state index >= 15 is 0 Å². The van der Waals surface area contributed by atoms with Gasteiger partial charge in [-0.05, 0) is 60.2 Å². The Morgan fingerprint density at radius 2 is 1.95 bits per heavy atom. The Hall–Kier alpha value is -1.11. The van der Waals surface area contributed by atoms with Crippen LogP contribution in [-0.4, -0.2) is 17.1 Å². The first kappa shape index (κ1) is 16.3. The molecule has 1 fully saturated rings. The molecule has 1 aromatic rings. The molecule has 1 saturated carbocycles. The Balaban J connectivity index is 1.92. The van der Waals surface area contributed by atoms with Crippen LogP contribution in [0.25, 0.3) is 0 Å². The molecular weight excluding hydrogens is 349 g/mol. The van der Waals surface area contributed by atoms with Crippen LogP contribution in [0.5, 0.6) is 0 Å². The van der Waals surface area contributed by atoms with E-state index in [1.807, 2.05) is 6.92 Å². The molecule has 0 aromatic carbocycles. The van der Waals surface area contributed by atoms with Crippen molar-refractivity contribution in [3.63, 3.8) is 0 Å². The number of halogens is 4. The number of nitrogens with one attached hydrogen (secondary N) is 1. The van der Waals surface area contributed by atoms with Gasteiger partial charge >= 0.3 is 6.18 Å². The maximum Gasteiger partial charge on any atom is 0.391 e. The number of carbonyl (C=O) groups is 1. The number of pyridine rings is 1. The lowest BCUT2D eigenvalue weighted by Gasteiger charge is -2.29. The second kappa shape index (κ2) is 6.34. The zero-order valence-corrected chi connectivity index (χ0v) is 13.1. The summed E-state index contributed by atoms with van der Waals surface area (Å²) in [5.41, 5.74) is 1.45. The number of carbonyl (C=O) groups excluding carboxylic acids is 1. The van der Waals surface area contributed by atoms with E-state index in [9.17, 15) is 18.0 Å². The summed E-state index contributed by atoms with van der Waals surface area (Å²) in [6.07, 6.45) is -2.01. The lowest BCUT2D eigenvalue weighted by Crippen LogP contribution is -2.32. The first-order valence-electron chi connectivity index (χ1n) is 6.77. The van der Waals surface area contributed by atoms with E-state index in [-0.39, 0.29) is 37.5 Å². The number of alkyl halides is 3. The Labute approximate surface area is 129 Å². The molecule has 116 valence electrons. The van der Waals surface area contributed by atoms with Gasteiger partial charge in [0.15, 0.2) is 0 Å². The highest BCUT2D eigenvalue weighted by Gasteiger charge is 2.42. The number of anilines is 1. The summed E-state index contributed by atoms with van der Waals surface area (Å²) in [6.45, 7) is 1.85. The maximum absolute atomic E-state index is 12.6. The average Bonchev–Trinajstić information content (AvgIpc) is 2.42. The monoisotopic (exact) mass is 364 g/mol. The first-order chi connectivity index (χ1) is 9.77. The molecule has 1 heterocycles. The van der Waals surface area contributed by atoms with Crippen LogP contribution in [0.15, 0.2) is 16.9 Å².